The number of likely N-dealkylation sites (N-methyl/N-ethyl adjacent to an activating group) is 1. The zero-order valence-corrected chi connectivity index (χ0v) is 17.8. The molecule has 0 spiro atoms. The van der Waals surface area contributed by atoms with Gasteiger partial charge in [-0.05, 0) is 42.4 Å². The van der Waals surface area contributed by atoms with Crippen LogP contribution in [-0.2, 0) is 4.79 Å². The summed E-state index contributed by atoms with van der Waals surface area (Å²) in [6, 6.07) is 23.5. The van der Waals surface area contributed by atoms with Gasteiger partial charge in [0.2, 0.25) is 5.91 Å². The Bertz CT molecular complexity index is 964. The Morgan fingerprint density at radius 1 is 0.968 bits per heavy atom. The largest absolute Gasteiger partial charge is 0.497 e. The van der Waals surface area contributed by atoms with E-state index in [1.165, 1.54) is 6.07 Å². The number of hydrogen-bond acceptors (Lipinski definition) is 4. The highest BCUT2D eigenvalue weighted by Crippen LogP contribution is 2.24. The lowest BCUT2D eigenvalue weighted by Crippen LogP contribution is -2.39. The number of halogens is 1. The molecule has 162 valence electrons. The molecule has 0 aliphatic heterocycles. The van der Waals surface area contributed by atoms with Crippen molar-refractivity contribution in [3.63, 3.8) is 0 Å². The lowest BCUT2D eigenvalue weighted by atomic mass is 9.98. The molecule has 5 nitrogen and oxygen atoms in total. The number of carbonyl (C=O) groups is 1. The minimum Gasteiger partial charge on any atom is -0.497 e. The fourth-order valence-corrected chi connectivity index (χ4v) is 3.21. The minimum absolute atomic E-state index is 0.113. The Hall–Kier alpha value is -3.38. The highest BCUT2D eigenvalue weighted by Gasteiger charge is 2.18. The molecule has 0 saturated carbocycles. The lowest BCUT2D eigenvalue weighted by Gasteiger charge is -2.22. The Labute approximate surface area is 182 Å². The highest BCUT2D eigenvalue weighted by atomic mass is 19.1. The van der Waals surface area contributed by atoms with Crippen LogP contribution >= 0.6 is 0 Å². The molecule has 0 aliphatic carbocycles. The first kappa shape index (κ1) is 22.3. The number of methoxy groups -OCH3 is 1. The Morgan fingerprint density at radius 3 is 2.29 bits per heavy atom. The first-order chi connectivity index (χ1) is 15.1. The number of amides is 1. The van der Waals surface area contributed by atoms with Crippen LogP contribution in [0.3, 0.4) is 0 Å². The summed E-state index contributed by atoms with van der Waals surface area (Å²) in [5, 5.41) is 3.11. The first-order valence-electron chi connectivity index (χ1n) is 10.1. The van der Waals surface area contributed by atoms with E-state index in [2.05, 4.69) is 5.32 Å². The summed E-state index contributed by atoms with van der Waals surface area (Å²) in [6.45, 7) is 0.964. The van der Waals surface area contributed by atoms with Crippen LogP contribution in [0.2, 0.25) is 0 Å². The summed E-state index contributed by atoms with van der Waals surface area (Å²) in [4.78, 5) is 14.6. The number of benzene rings is 3. The molecule has 0 aliphatic rings. The number of para-hydroxylation sites is 1. The first-order valence-corrected chi connectivity index (χ1v) is 10.1. The van der Waals surface area contributed by atoms with E-state index in [0.29, 0.717) is 6.54 Å². The number of nitrogens with one attached hydrogen (secondary N) is 1. The SMILES string of the molecule is COc1ccc(C(NC(=O)CN(C)CCOc2ccccc2F)c2ccccc2)cc1. The molecule has 3 rings (SSSR count). The molecule has 0 saturated heterocycles. The van der Waals surface area contributed by atoms with Gasteiger partial charge in [-0.1, -0.05) is 54.6 Å². The monoisotopic (exact) mass is 422 g/mol. The predicted molar refractivity (Wildman–Crippen MR) is 119 cm³/mol. The van der Waals surface area contributed by atoms with Crippen molar-refractivity contribution in [2.75, 3.05) is 33.9 Å². The van der Waals surface area contributed by atoms with E-state index in [4.69, 9.17) is 9.47 Å². The van der Waals surface area contributed by atoms with Crippen molar-refractivity contribution in [2.24, 2.45) is 0 Å². The standard InChI is InChI=1S/C25H27FN2O3/c1-28(16-17-31-23-11-7-6-10-22(23)26)18-24(29)27-25(19-8-4-3-5-9-19)20-12-14-21(30-2)15-13-20/h3-15,25H,16-18H2,1-2H3,(H,27,29). The smallest absolute Gasteiger partial charge is 0.234 e. The van der Waals surface area contributed by atoms with Crippen molar-refractivity contribution < 1.29 is 18.7 Å². The molecular formula is C25H27FN2O3. The second-order valence-corrected chi connectivity index (χ2v) is 7.20. The van der Waals surface area contributed by atoms with E-state index >= 15 is 0 Å². The van der Waals surface area contributed by atoms with Gasteiger partial charge in [0.25, 0.3) is 0 Å². The summed E-state index contributed by atoms with van der Waals surface area (Å²) in [5.74, 6) is 0.464. The third-order valence-corrected chi connectivity index (χ3v) is 4.87. The molecular weight excluding hydrogens is 395 g/mol. The van der Waals surface area contributed by atoms with E-state index in [1.54, 1.807) is 25.3 Å². The fourth-order valence-electron chi connectivity index (χ4n) is 3.21. The summed E-state index contributed by atoms with van der Waals surface area (Å²) < 4.78 is 24.3. The van der Waals surface area contributed by atoms with Crippen LogP contribution < -0.4 is 14.8 Å². The van der Waals surface area contributed by atoms with Gasteiger partial charge in [0.1, 0.15) is 12.4 Å². The van der Waals surface area contributed by atoms with E-state index < -0.39 is 5.82 Å². The summed E-state index contributed by atoms with van der Waals surface area (Å²) in [7, 11) is 3.45. The lowest BCUT2D eigenvalue weighted by molar-refractivity contribution is -0.122. The van der Waals surface area contributed by atoms with Gasteiger partial charge in [-0.3, -0.25) is 9.69 Å². The molecule has 1 unspecified atom stereocenters. The van der Waals surface area contributed by atoms with Crippen molar-refractivity contribution in [3.8, 4) is 11.5 Å². The van der Waals surface area contributed by atoms with E-state index in [1.807, 2.05) is 66.5 Å². The maximum absolute atomic E-state index is 13.6. The van der Waals surface area contributed by atoms with Crippen molar-refractivity contribution in [2.45, 2.75) is 6.04 Å². The molecule has 1 amide bonds. The molecule has 6 heteroatoms. The molecule has 0 heterocycles. The van der Waals surface area contributed by atoms with Crippen LogP contribution in [0.15, 0.2) is 78.9 Å². The average Bonchev–Trinajstić information content (AvgIpc) is 2.79. The average molecular weight is 422 g/mol. The quantitative estimate of drug-likeness (QED) is 0.536. The predicted octanol–water partition coefficient (Wildman–Crippen LogP) is 4.05. The second kappa shape index (κ2) is 11.1. The van der Waals surface area contributed by atoms with Crippen LogP contribution in [0, 0.1) is 5.82 Å². The van der Waals surface area contributed by atoms with Crippen molar-refractivity contribution >= 4 is 5.91 Å². The van der Waals surface area contributed by atoms with Gasteiger partial charge >= 0.3 is 0 Å². The van der Waals surface area contributed by atoms with Gasteiger partial charge in [0.15, 0.2) is 11.6 Å². The van der Waals surface area contributed by atoms with Gasteiger partial charge in [0.05, 0.1) is 19.7 Å². The Balaban J connectivity index is 1.58. The van der Waals surface area contributed by atoms with Gasteiger partial charge in [-0.2, -0.15) is 0 Å². The maximum atomic E-state index is 13.6. The second-order valence-electron chi connectivity index (χ2n) is 7.20. The summed E-state index contributed by atoms with van der Waals surface area (Å²) >= 11 is 0. The zero-order valence-electron chi connectivity index (χ0n) is 17.8. The summed E-state index contributed by atoms with van der Waals surface area (Å²) in [6.07, 6.45) is 0. The molecule has 1 atom stereocenters. The van der Waals surface area contributed by atoms with Gasteiger partial charge in [-0.25, -0.2) is 4.39 Å². The fraction of sp³-hybridized carbons (Fsp3) is 0.240. The molecule has 0 radical (unpaired) electrons. The van der Waals surface area contributed by atoms with E-state index in [9.17, 15) is 9.18 Å². The van der Waals surface area contributed by atoms with Crippen molar-refractivity contribution in [1.29, 1.82) is 0 Å². The Morgan fingerprint density at radius 2 is 1.61 bits per heavy atom. The van der Waals surface area contributed by atoms with Crippen LogP contribution in [0.1, 0.15) is 17.2 Å². The van der Waals surface area contributed by atoms with Crippen LogP contribution in [-0.4, -0.2) is 44.7 Å². The maximum Gasteiger partial charge on any atom is 0.234 e. The minimum atomic E-state index is -0.395. The normalized spacial score (nSPS) is 11.7. The molecule has 31 heavy (non-hydrogen) atoms. The van der Waals surface area contributed by atoms with E-state index in [-0.39, 0.29) is 30.9 Å². The van der Waals surface area contributed by atoms with Crippen LogP contribution in [0.5, 0.6) is 11.5 Å². The molecule has 0 fully saturated rings. The molecule has 3 aromatic rings. The van der Waals surface area contributed by atoms with Gasteiger partial charge in [0, 0.05) is 6.54 Å². The van der Waals surface area contributed by atoms with Crippen LogP contribution in [0.4, 0.5) is 4.39 Å². The molecule has 1 N–H and O–H groups in total. The van der Waals surface area contributed by atoms with Crippen LogP contribution in [0.25, 0.3) is 0 Å². The van der Waals surface area contributed by atoms with Gasteiger partial charge < -0.3 is 14.8 Å². The van der Waals surface area contributed by atoms with Crippen molar-refractivity contribution in [3.05, 3.63) is 95.8 Å². The topological polar surface area (TPSA) is 50.8 Å². The van der Waals surface area contributed by atoms with Gasteiger partial charge in [-0.15, -0.1) is 0 Å². The Kier molecular flexibility index (Phi) is 8.01. The number of carbonyl (C=O) groups excluding carboxylic acids is 1. The molecule has 3 aromatic carbocycles. The third-order valence-electron chi connectivity index (χ3n) is 4.87. The van der Waals surface area contributed by atoms with E-state index in [0.717, 1.165) is 16.9 Å². The number of hydrogen-bond donors (Lipinski definition) is 1. The number of nitrogens with zero attached hydrogens (tertiary/aromatic N) is 1. The third kappa shape index (κ3) is 6.55. The zero-order chi connectivity index (χ0) is 22.1. The van der Waals surface area contributed by atoms with Crippen molar-refractivity contribution in [1.82, 2.24) is 10.2 Å². The highest BCUT2D eigenvalue weighted by molar-refractivity contribution is 5.79. The summed E-state index contributed by atoms with van der Waals surface area (Å²) in [5.41, 5.74) is 1.96. The number of rotatable bonds is 10. The molecule has 0 aromatic heterocycles. The molecule has 0 bridgehead atoms. The number of ether oxygens (including phenoxy) is 2.